The number of fused-ring (bicyclic) bond motifs is 2. The molecule has 10 nitrogen and oxygen atoms in total. The van der Waals surface area contributed by atoms with E-state index in [-0.39, 0.29) is 30.2 Å². The molecular formula is C25H18FN5O5. The third kappa shape index (κ3) is 3.20. The summed E-state index contributed by atoms with van der Waals surface area (Å²) in [7, 11) is 1.31. The smallest absolute Gasteiger partial charge is 0.322 e. The van der Waals surface area contributed by atoms with Crippen molar-refractivity contribution in [2.24, 2.45) is 0 Å². The number of hydrogen-bond donors (Lipinski definition) is 2. The predicted octanol–water partition coefficient (Wildman–Crippen LogP) is 2.73. The normalized spacial score (nSPS) is 18.9. The van der Waals surface area contributed by atoms with Crippen molar-refractivity contribution in [3.63, 3.8) is 0 Å². The highest BCUT2D eigenvalue weighted by Gasteiger charge is 2.53. The first-order valence-electron chi connectivity index (χ1n) is 11.0. The first-order chi connectivity index (χ1) is 17.4. The fourth-order valence-corrected chi connectivity index (χ4v) is 4.64. The van der Waals surface area contributed by atoms with E-state index in [9.17, 15) is 18.8 Å². The van der Waals surface area contributed by atoms with E-state index in [1.165, 1.54) is 18.1 Å². The maximum atomic E-state index is 14.8. The summed E-state index contributed by atoms with van der Waals surface area (Å²) < 4.78 is 25.8. The minimum atomic E-state index is -1.73. The van der Waals surface area contributed by atoms with Crippen LogP contribution in [0.2, 0.25) is 0 Å². The molecule has 4 aromatic rings. The van der Waals surface area contributed by atoms with Crippen LogP contribution in [0.25, 0.3) is 22.4 Å². The van der Waals surface area contributed by atoms with Crippen LogP contribution in [0.3, 0.4) is 0 Å². The number of aromatic nitrogens is 2. The fourth-order valence-electron chi connectivity index (χ4n) is 4.64. The lowest BCUT2D eigenvalue weighted by atomic mass is 9.95. The van der Waals surface area contributed by atoms with Gasteiger partial charge in [0.2, 0.25) is 0 Å². The van der Waals surface area contributed by atoms with Gasteiger partial charge in [0.15, 0.2) is 22.7 Å². The molecule has 3 aromatic heterocycles. The van der Waals surface area contributed by atoms with E-state index < -0.39 is 29.2 Å². The molecule has 1 fully saturated rings. The highest BCUT2D eigenvalue weighted by Crippen LogP contribution is 2.36. The lowest BCUT2D eigenvalue weighted by molar-refractivity contribution is -0.125. The van der Waals surface area contributed by atoms with Crippen molar-refractivity contribution in [3.05, 3.63) is 77.6 Å². The van der Waals surface area contributed by atoms with Gasteiger partial charge in [-0.1, -0.05) is 6.07 Å². The summed E-state index contributed by atoms with van der Waals surface area (Å²) >= 11 is 0. The van der Waals surface area contributed by atoms with Gasteiger partial charge in [0.25, 0.3) is 11.8 Å². The molecule has 11 heteroatoms. The number of carbonyl (C=O) groups excluding carboxylic acids is 3. The predicted molar refractivity (Wildman–Crippen MR) is 123 cm³/mol. The number of carbonyl (C=O) groups is 3. The molecule has 4 amide bonds. The molecule has 1 atom stereocenters. The topological polar surface area (TPSA) is 127 Å². The van der Waals surface area contributed by atoms with Crippen molar-refractivity contribution in [3.8, 4) is 17.0 Å². The number of ether oxygens (including phenoxy) is 1. The Morgan fingerprint density at radius 3 is 2.67 bits per heavy atom. The molecule has 0 aliphatic carbocycles. The van der Waals surface area contributed by atoms with Gasteiger partial charge in [0.05, 0.1) is 24.9 Å². The van der Waals surface area contributed by atoms with Crippen molar-refractivity contribution in [1.82, 2.24) is 25.5 Å². The van der Waals surface area contributed by atoms with E-state index in [1.54, 1.807) is 36.7 Å². The van der Waals surface area contributed by atoms with Crippen LogP contribution < -0.4 is 15.4 Å². The van der Waals surface area contributed by atoms with Gasteiger partial charge in [-0.2, -0.15) is 0 Å². The van der Waals surface area contributed by atoms with E-state index in [4.69, 9.17) is 9.15 Å². The fraction of sp³-hybridized carbons (Fsp3) is 0.160. The van der Waals surface area contributed by atoms with Gasteiger partial charge in [-0.25, -0.2) is 14.2 Å². The number of rotatable bonds is 5. The molecule has 0 saturated carbocycles. The van der Waals surface area contributed by atoms with Crippen molar-refractivity contribution in [2.45, 2.75) is 12.1 Å². The van der Waals surface area contributed by atoms with Gasteiger partial charge in [0, 0.05) is 30.6 Å². The molecule has 2 aliphatic heterocycles. The van der Waals surface area contributed by atoms with E-state index >= 15 is 0 Å². The van der Waals surface area contributed by atoms with Crippen molar-refractivity contribution in [2.75, 3.05) is 13.7 Å². The summed E-state index contributed by atoms with van der Waals surface area (Å²) in [5, 5.41) is 4.83. The Kier molecular flexibility index (Phi) is 4.75. The largest absolute Gasteiger partial charge is 0.494 e. The molecule has 0 radical (unpaired) electrons. The second-order valence-corrected chi connectivity index (χ2v) is 8.52. The Bertz CT molecular complexity index is 1570. The monoisotopic (exact) mass is 487 g/mol. The summed E-state index contributed by atoms with van der Waals surface area (Å²) in [4.78, 5) is 48.4. The summed E-state index contributed by atoms with van der Waals surface area (Å²) in [5.41, 5.74) is 0.957. The number of methoxy groups -OCH3 is 1. The average Bonchev–Trinajstić information content (AvgIpc) is 3.53. The minimum Gasteiger partial charge on any atom is -0.494 e. The molecule has 2 N–H and O–H groups in total. The highest BCUT2D eigenvalue weighted by molar-refractivity contribution is 6.08. The maximum Gasteiger partial charge on any atom is 0.322 e. The van der Waals surface area contributed by atoms with Crippen LogP contribution in [-0.4, -0.2) is 46.4 Å². The number of hydrogen-bond acceptors (Lipinski definition) is 7. The van der Waals surface area contributed by atoms with E-state index in [0.29, 0.717) is 22.4 Å². The van der Waals surface area contributed by atoms with Crippen LogP contribution in [0.4, 0.5) is 9.18 Å². The Balaban J connectivity index is 1.39. The Morgan fingerprint density at radius 2 is 1.94 bits per heavy atom. The van der Waals surface area contributed by atoms with Crippen LogP contribution in [0.1, 0.15) is 21.7 Å². The SMILES string of the molecule is COc1ccc2c(c1F)C(=O)N(C[C@@]1(c3cc4nc(-c5ccncc5)ccc4o3)NC(=O)NC1=O)C2. The van der Waals surface area contributed by atoms with Gasteiger partial charge in [-0.15, -0.1) is 0 Å². The Labute approximate surface area is 203 Å². The number of amides is 4. The highest BCUT2D eigenvalue weighted by atomic mass is 19.1. The summed E-state index contributed by atoms with van der Waals surface area (Å²) in [5.74, 6) is -2.04. The van der Waals surface area contributed by atoms with Crippen LogP contribution in [0.5, 0.6) is 5.75 Å². The van der Waals surface area contributed by atoms with Crippen LogP contribution in [-0.2, 0) is 16.9 Å². The zero-order valence-corrected chi connectivity index (χ0v) is 18.9. The van der Waals surface area contributed by atoms with Crippen LogP contribution >= 0.6 is 0 Å². The third-order valence-electron chi connectivity index (χ3n) is 6.42. The van der Waals surface area contributed by atoms with Gasteiger partial charge in [-0.3, -0.25) is 19.9 Å². The van der Waals surface area contributed by atoms with Gasteiger partial charge >= 0.3 is 6.03 Å². The van der Waals surface area contributed by atoms with Crippen molar-refractivity contribution >= 4 is 28.9 Å². The second kappa shape index (κ2) is 7.87. The molecule has 5 heterocycles. The summed E-state index contributed by atoms with van der Waals surface area (Å²) in [6.45, 7) is -0.235. The number of furan rings is 1. The lowest BCUT2D eigenvalue weighted by Gasteiger charge is -2.28. The van der Waals surface area contributed by atoms with E-state index in [1.807, 2.05) is 12.1 Å². The van der Waals surface area contributed by atoms with Crippen LogP contribution in [0, 0.1) is 5.82 Å². The van der Waals surface area contributed by atoms with Gasteiger partial charge in [-0.05, 0) is 35.9 Å². The molecule has 180 valence electrons. The lowest BCUT2D eigenvalue weighted by Crippen LogP contribution is -2.52. The number of urea groups is 1. The van der Waals surface area contributed by atoms with Crippen LogP contribution in [0.15, 0.2) is 59.3 Å². The number of imide groups is 1. The van der Waals surface area contributed by atoms with Crippen molar-refractivity contribution in [1.29, 1.82) is 0 Å². The van der Waals surface area contributed by atoms with Crippen molar-refractivity contribution < 1.29 is 27.9 Å². The number of nitrogens with zero attached hydrogens (tertiary/aromatic N) is 3. The zero-order chi connectivity index (χ0) is 25.0. The first-order valence-corrected chi connectivity index (χ1v) is 11.0. The van der Waals surface area contributed by atoms with E-state index in [0.717, 1.165) is 5.56 Å². The Morgan fingerprint density at radius 1 is 1.14 bits per heavy atom. The third-order valence-corrected chi connectivity index (χ3v) is 6.42. The molecule has 6 rings (SSSR count). The minimum absolute atomic E-state index is 0.0463. The zero-order valence-electron chi connectivity index (χ0n) is 18.9. The second-order valence-electron chi connectivity index (χ2n) is 8.52. The summed E-state index contributed by atoms with van der Waals surface area (Å²) in [6, 6.07) is 11.0. The number of halogens is 1. The standard InChI is InChI=1S/C25H18FN5O5/c1-35-18-4-2-14-11-31(22(32)20(14)21(18)26)12-25(23(33)29-24(34)30-25)19-10-16-17(36-19)5-3-15(28-16)13-6-8-27-9-7-13/h2-10H,11-12H2,1H3,(H2,29,30,33,34)/t25-/m0/s1. The first kappa shape index (κ1) is 21.7. The summed E-state index contributed by atoms with van der Waals surface area (Å²) in [6.07, 6.45) is 3.30. The number of pyridine rings is 2. The maximum absolute atomic E-state index is 14.8. The average molecular weight is 487 g/mol. The molecule has 1 saturated heterocycles. The molecular weight excluding hydrogens is 469 g/mol. The molecule has 0 bridgehead atoms. The Hall–Kier alpha value is -4.80. The molecule has 36 heavy (non-hydrogen) atoms. The van der Waals surface area contributed by atoms with E-state index in [2.05, 4.69) is 20.6 Å². The molecule has 0 unspecified atom stereocenters. The number of benzene rings is 1. The van der Waals surface area contributed by atoms with Gasteiger partial charge in [0.1, 0.15) is 11.3 Å². The molecule has 2 aliphatic rings. The van der Waals surface area contributed by atoms with Gasteiger partial charge < -0.3 is 19.4 Å². The number of nitrogens with one attached hydrogen (secondary N) is 2. The molecule has 1 aromatic carbocycles. The quantitative estimate of drug-likeness (QED) is 0.415. The molecule has 0 spiro atoms.